The zero-order chi connectivity index (χ0) is 15.4. The van der Waals surface area contributed by atoms with E-state index in [0.717, 1.165) is 31.8 Å². The molecule has 1 aromatic carbocycles. The number of hydrogen-bond acceptors (Lipinski definition) is 3. The van der Waals surface area contributed by atoms with E-state index in [1.165, 1.54) is 10.9 Å². The van der Waals surface area contributed by atoms with Gasteiger partial charge in [0.05, 0.1) is 18.7 Å². The summed E-state index contributed by atoms with van der Waals surface area (Å²) in [7, 11) is 0. The standard InChI is InChI=1S/C17H23N3O2.ClH/c1-2-7-20-8-5-13-3-4-14(10-16(13)20)19-17(21)11-15-12-22-9-6-18-15;/h3-5,8,10,15,18H,2,6-7,9,11-12H2,1H3,(H,19,21);1H. The maximum Gasteiger partial charge on any atom is 0.226 e. The van der Waals surface area contributed by atoms with E-state index in [0.29, 0.717) is 13.0 Å². The molecule has 1 fully saturated rings. The number of fused-ring (bicyclic) bond motifs is 1. The monoisotopic (exact) mass is 337 g/mol. The molecule has 126 valence electrons. The summed E-state index contributed by atoms with van der Waals surface area (Å²) in [5.41, 5.74) is 2.02. The molecule has 23 heavy (non-hydrogen) atoms. The first kappa shape index (κ1) is 17.8. The molecule has 0 bridgehead atoms. The summed E-state index contributed by atoms with van der Waals surface area (Å²) < 4.78 is 7.60. The van der Waals surface area contributed by atoms with Crippen molar-refractivity contribution in [3.05, 3.63) is 30.5 Å². The van der Waals surface area contributed by atoms with Gasteiger partial charge in [0.15, 0.2) is 0 Å². The summed E-state index contributed by atoms with van der Waals surface area (Å²) in [4.78, 5) is 12.2. The van der Waals surface area contributed by atoms with E-state index in [9.17, 15) is 4.79 Å². The molecule has 2 heterocycles. The second-order valence-corrected chi connectivity index (χ2v) is 5.76. The van der Waals surface area contributed by atoms with E-state index in [1.807, 2.05) is 12.1 Å². The predicted octanol–water partition coefficient (Wildman–Crippen LogP) is 2.79. The molecule has 1 aliphatic heterocycles. The molecular formula is C17H24ClN3O2. The number of ether oxygens (including phenoxy) is 1. The van der Waals surface area contributed by atoms with Crippen LogP contribution in [0.3, 0.4) is 0 Å². The van der Waals surface area contributed by atoms with Gasteiger partial charge in [0.1, 0.15) is 0 Å². The lowest BCUT2D eigenvalue weighted by molar-refractivity contribution is -0.117. The third-order valence-corrected chi connectivity index (χ3v) is 3.95. The topological polar surface area (TPSA) is 55.3 Å². The van der Waals surface area contributed by atoms with E-state index in [4.69, 9.17) is 4.74 Å². The number of carbonyl (C=O) groups excluding carboxylic acids is 1. The molecule has 0 saturated carbocycles. The van der Waals surface area contributed by atoms with Crippen LogP contribution in [0.25, 0.3) is 10.9 Å². The summed E-state index contributed by atoms with van der Waals surface area (Å²) in [6.07, 6.45) is 3.63. The van der Waals surface area contributed by atoms with Gasteiger partial charge < -0.3 is 19.9 Å². The Labute approximate surface area is 142 Å². The number of nitrogens with zero attached hydrogens (tertiary/aromatic N) is 1. The Bertz CT molecular complexity index is 650. The van der Waals surface area contributed by atoms with E-state index in [-0.39, 0.29) is 24.4 Å². The second-order valence-electron chi connectivity index (χ2n) is 5.76. The first-order chi connectivity index (χ1) is 10.8. The van der Waals surface area contributed by atoms with E-state index in [1.54, 1.807) is 0 Å². The van der Waals surface area contributed by atoms with Crippen LogP contribution in [0, 0.1) is 0 Å². The van der Waals surface area contributed by atoms with Crippen molar-refractivity contribution in [1.82, 2.24) is 9.88 Å². The molecule has 1 aliphatic rings. The van der Waals surface area contributed by atoms with E-state index in [2.05, 4.69) is 40.5 Å². The van der Waals surface area contributed by atoms with Crippen LogP contribution in [0.4, 0.5) is 5.69 Å². The van der Waals surface area contributed by atoms with Crippen molar-refractivity contribution in [2.75, 3.05) is 25.1 Å². The quantitative estimate of drug-likeness (QED) is 0.882. The molecule has 6 heteroatoms. The number of amides is 1. The Hall–Kier alpha value is -1.56. The Morgan fingerprint density at radius 3 is 3.04 bits per heavy atom. The van der Waals surface area contributed by atoms with E-state index >= 15 is 0 Å². The van der Waals surface area contributed by atoms with Crippen LogP contribution in [0.2, 0.25) is 0 Å². The summed E-state index contributed by atoms with van der Waals surface area (Å²) in [5, 5.41) is 7.49. The summed E-state index contributed by atoms with van der Waals surface area (Å²) in [6, 6.07) is 8.29. The number of hydrogen-bond donors (Lipinski definition) is 2. The van der Waals surface area contributed by atoms with Crippen LogP contribution in [0.1, 0.15) is 19.8 Å². The number of carbonyl (C=O) groups is 1. The van der Waals surface area contributed by atoms with Crippen molar-refractivity contribution >= 4 is 34.9 Å². The summed E-state index contributed by atoms with van der Waals surface area (Å²) in [6.45, 7) is 5.30. The fraction of sp³-hybridized carbons (Fsp3) is 0.471. The first-order valence-corrected chi connectivity index (χ1v) is 7.96. The molecule has 1 atom stereocenters. The molecule has 1 saturated heterocycles. The Morgan fingerprint density at radius 2 is 2.30 bits per heavy atom. The second kappa shape index (κ2) is 8.34. The molecule has 3 rings (SSSR count). The van der Waals surface area contributed by atoms with Crippen LogP contribution >= 0.6 is 12.4 Å². The van der Waals surface area contributed by atoms with E-state index < -0.39 is 0 Å². The number of aryl methyl sites for hydroxylation is 1. The lowest BCUT2D eigenvalue weighted by Gasteiger charge is -2.23. The minimum Gasteiger partial charge on any atom is -0.378 e. The van der Waals surface area contributed by atoms with Crippen molar-refractivity contribution in [3.63, 3.8) is 0 Å². The summed E-state index contributed by atoms with van der Waals surface area (Å²) >= 11 is 0. The van der Waals surface area contributed by atoms with Crippen LogP contribution < -0.4 is 10.6 Å². The fourth-order valence-electron chi connectivity index (χ4n) is 2.88. The van der Waals surface area contributed by atoms with Gasteiger partial charge in [-0.15, -0.1) is 12.4 Å². The molecule has 0 spiro atoms. The smallest absolute Gasteiger partial charge is 0.226 e. The van der Waals surface area contributed by atoms with Gasteiger partial charge in [0, 0.05) is 37.4 Å². The number of benzene rings is 1. The molecule has 5 nitrogen and oxygen atoms in total. The zero-order valence-corrected chi connectivity index (χ0v) is 14.2. The van der Waals surface area contributed by atoms with Crippen LogP contribution in [-0.2, 0) is 16.1 Å². The highest BCUT2D eigenvalue weighted by molar-refractivity contribution is 5.94. The lowest BCUT2D eigenvalue weighted by Crippen LogP contribution is -2.43. The average molecular weight is 338 g/mol. The van der Waals surface area contributed by atoms with Crippen molar-refractivity contribution in [1.29, 1.82) is 0 Å². The molecule has 0 radical (unpaired) electrons. The molecule has 2 aromatic rings. The maximum atomic E-state index is 12.2. The molecule has 1 unspecified atom stereocenters. The number of halogens is 1. The number of rotatable bonds is 5. The Kier molecular flexibility index (Phi) is 6.45. The zero-order valence-electron chi connectivity index (χ0n) is 13.4. The predicted molar refractivity (Wildman–Crippen MR) is 95.3 cm³/mol. The van der Waals surface area contributed by atoms with Gasteiger partial charge in [-0.1, -0.05) is 13.0 Å². The van der Waals surface area contributed by atoms with Crippen molar-refractivity contribution < 1.29 is 9.53 Å². The third-order valence-electron chi connectivity index (χ3n) is 3.95. The van der Waals surface area contributed by atoms with Gasteiger partial charge in [-0.25, -0.2) is 0 Å². The minimum atomic E-state index is 0. The van der Waals surface area contributed by atoms with Gasteiger partial charge in [0.25, 0.3) is 0 Å². The number of anilines is 1. The van der Waals surface area contributed by atoms with Crippen molar-refractivity contribution in [2.45, 2.75) is 32.4 Å². The molecule has 1 amide bonds. The minimum absolute atomic E-state index is 0. The maximum absolute atomic E-state index is 12.2. The van der Waals surface area contributed by atoms with Gasteiger partial charge in [0.2, 0.25) is 5.91 Å². The molecule has 0 aliphatic carbocycles. The first-order valence-electron chi connectivity index (χ1n) is 7.96. The van der Waals surface area contributed by atoms with Crippen molar-refractivity contribution in [2.24, 2.45) is 0 Å². The fourth-order valence-corrected chi connectivity index (χ4v) is 2.88. The SMILES string of the molecule is CCCn1ccc2ccc(NC(=O)CC3COCCN3)cc21.Cl. The summed E-state index contributed by atoms with van der Waals surface area (Å²) in [5.74, 6) is 0.0240. The largest absolute Gasteiger partial charge is 0.378 e. The molecule has 2 N–H and O–H groups in total. The van der Waals surface area contributed by atoms with Crippen LogP contribution in [0.15, 0.2) is 30.5 Å². The lowest BCUT2D eigenvalue weighted by atomic mass is 10.2. The Balaban J connectivity index is 0.00000192. The van der Waals surface area contributed by atoms with Crippen LogP contribution in [-0.4, -0.2) is 36.3 Å². The normalized spacial score (nSPS) is 17.7. The third kappa shape index (κ3) is 4.47. The highest BCUT2D eigenvalue weighted by atomic mass is 35.5. The number of aromatic nitrogens is 1. The average Bonchev–Trinajstić information content (AvgIpc) is 2.91. The van der Waals surface area contributed by atoms with Gasteiger partial charge in [-0.2, -0.15) is 0 Å². The highest BCUT2D eigenvalue weighted by Gasteiger charge is 2.17. The highest BCUT2D eigenvalue weighted by Crippen LogP contribution is 2.21. The van der Waals surface area contributed by atoms with Crippen LogP contribution in [0.5, 0.6) is 0 Å². The van der Waals surface area contributed by atoms with Gasteiger partial charge >= 0.3 is 0 Å². The Morgan fingerprint density at radius 1 is 1.43 bits per heavy atom. The molecule has 1 aromatic heterocycles. The van der Waals surface area contributed by atoms with Gasteiger partial charge in [-0.3, -0.25) is 4.79 Å². The number of nitrogens with one attached hydrogen (secondary N) is 2. The number of morpholine rings is 1. The molecular weight excluding hydrogens is 314 g/mol. The van der Waals surface area contributed by atoms with Crippen molar-refractivity contribution in [3.8, 4) is 0 Å². The van der Waals surface area contributed by atoms with Gasteiger partial charge in [-0.05, 0) is 30.0 Å².